The van der Waals surface area contributed by atoms with E-state index in [1.165, 1.54) is 32.1 Å². The topological polar surface area (TPSA) is 12.0 Å². The van der Waals surface area contributed by atoms with Crippen molar-refractivity contribution >= 4 is 0 Å². The van der Waals surface area contributed by atoms with Gasteiger partial charge in [0, 0.05) is 18.9 Å². The molecule has 1 unspecified atom stereocenters. The first-order chi connectivity index (χ1) is 10.1. The van der Waals surface area contributed by atoms with Crippen LogP contribution in [0.15, 0.2) is 0 Å². The summed E-state index contributed by atoms with van der Waals surface area (Å²) in [6.45, 7) is 5.51. The largest absolute Gasteiger partial charge is 0.313 e. The van der Waals surface area contributed by atoms with E-state index in [9.17, 15) is 8.78 Å². The minimum absolute atomic E-state index is 0.103. The maximum atomic E-state index is 13.4. The van der Waals surface area contributed by atoms with Crippen molar-refractivity contribution in [1.82, 2.24) is 5.32 Å². The Morgan fingerprint density at radius 3 is 2.05 bits per heavy atom. The second-order valence-electron chi connectivity index (χ2n) is 7.36. The van der Waals surface area contributed by atoms with Crippen molar-refractivity contribution in [2.75, 3.05) is 6.54 Å². The van der Waals surface area contributed by atoms with Gasteiger partial charge in [-0.3, -0.25) is 0 Å². The molecule has 0 amide bonds. The molecule has 0 bridgehead atoms. The highest BCUT2D eigenvalue weighted by molar-refractivity contribution is 4.90. The molecule has 124 valence electrons. The Hall–Kier alpha value is -0.180. The lowest BCUT2D eigenvalue weighted by molar-refractivity contribution is -0.0531. The lowest BCUT2D eigenvalue weighted by Gasteiger charge is -2.41. The summed E-state index contributed by atoms with van der Waals surface area (Å²) >= 11 is 0. The zero-order valence-electron chi connectivity index (χ0n) is 13.8. The van der Waals surface area contributed by atoms with Crippen LogP contribution in [0.3, 0.4) is 0 Å². The first kappa shape index (κ1) is 17.2. The van der Waals surface area contributed by atoms with Crippen molar-refractivity contribution in [3.8, 4) is 0 Å². The van der Waals surface area contributed by atoms with Crippen molar-refractivity contribution in [2.45, 2.75) is 90.0 Å². The molecule has 0 spiro atoms. The van der Waals surface area contributed by atoms with Crippen molar-refractivity contribution in [3.63, 3.8) is 0 Å². The van der Waals surface area contributed by atoms with Gasteiger partial charge in [0.05, 0.1) is 0 Å². The Morgan fingerprint density at radius 2 is 1.52 bits per heavy atom. The van der Waals surface area contributed by atoms with Gasteiger partial charge in [-0.15, -0.1) is 0 Å². The van der Waals surface area contributed by atoms with Gasteiger partial charge in [0.2, 0.25) is 5.92 Å². The van der Waals surface area contributed by atoms with Gasteiger partial charge in [0.1, 0.15) is 0 Å². The molecule has 0 radical (unpaired) electrons. The third kappa shape index (κ3) is 4.91. The van der Waals surface area contributed by atoms with E-state index >= 15 is 0 Å². The Morgan fingerprint density at radius 1 is 0.952 bits per heavy atom. The normalized spacial score (nSPS) is 32.0. The second-order valence-corrected chi connectivity index (χ2v) is 7.36. The molecule has 0 saturated heterocycles. The lowest BCUT2D eigenvalue weighted by atomic mass is 9.71. The molecular weight excluding hydrogens is 268 g/mol. The molecule has 0 heterocycles. The van der Waals surface area contributed by atoms with E-state index < -0.39 is 5.92 Å². The average Bonchev–Trinajstić information content (AvgIpc) is 2.49. The van der Waals surface area contributed by atoms with Crippen LogP contribution in [0, 0.1) is 17.8 Å². The highest BCUT2D eigenvalue weighted by atomic mass is 19.3. The number of hydrogen-bond donors (Lipinski definition) is 1. The molecule has 2 rings (SSSR count). The molecule has 2 saturated carbocycles. The average molecular weight is 301 g/mol. The number of rotatable bonds is 6. The van der Waals surface area contributed by atoms with Crippen LogP contribution in [0.25, 0.3) is 0 Å². The molecule has 21 heavy (non-hydrogen) atoms. The summed E-state index contributed by atoms with van der Waals surface area (Å²) < 4.78 is 26.8. The van der Waals surface area contributed by atoms with Crippen molar-refractivity contribution in [2.24, 2.45) is 17.8 Å². The summed E-state index contributed by atoms with van der Waals surface area (Å²) in [4.78, 5) is 0. The molecule has 1 N–H and O–H groups in total. The Labute approximate surface area is 129 Å². The van der Waals surface area contributed by atoms with E-state index in [1.807, 2.05) is 0 Å². The van der Waals surface area contributed by atoms with E-state index in [-0.39, 0.29) is 12.8 Å². The number of nitrogens with one attached hydrogen (secondary N) is 1. The van der Waals surface area contributed by atoms with Crippen molar-refractivity contribution < 1.29 is 8.78 Å². The Kier molecular flexibility index (Phi) is 6.46. The fourth-order valence-electron chi connectivity index (χ4n) is 4.41. The van der Waals surface area contributed by atoms with Gasteiger partial charge >= 0.3 is 0 Å². The predicted octanol–water partition coefficient (Wildman–Crippen LogP) is 5.40. The van der Waals surface area contributed by atoms with Crippen molar-refractivity contribution in [1.29, 1.82) is 0 Å². The van der Waals surface area contributed by atoms with Gasteiger partial charge in [0.15, 0.2) is 0 Å². The molecule has 0 aromatic carbocycles. The molecule has 2 aliphatic carbocycles. The molecule has 0 aromatic rings. The fraction of sp³-hybridized carbons (Fsp3) is 1.00. The van der Waals surface area contributed by atoms with Gasteiger partial charge in [-0.25, -0.2) is 8.78 Å². The monoisotopic (exact) mass is 301 g/mol. The van der Waals surface area contributed by atoms with E-state index in [2.05, 4.69) is 19.2 Å². The van der Waals surface area contributed by atoms with Gasteiger partial charge in [-0.05, 0) is 56.4 Å². The lowest BCUT2D eigenvalue weighted by Crippen LogP contribution is -2.46. The van der Waals surface area contributed by atoms with Crippen LogP contribution in [0.4, 0.5) is 8.78 Å². The first-order valence-electron chi connectivity index (χ1n) is 9.17. The molecule has 2 aliphatic rings. The van der Waals surface area contributed by atoms with E-state index in [0.717, 1.165) is 24.8 Å². The van der Waals surface area contributed by atoms with Gasteiger partial charge in [-0.2, -0.15) is 0 Å². The third-order valence-electron chi connectivity index (χ3n) is 5.88. The van der Waals surface area contributed by atoms with Crippen LogP contribution in [-0.4, -0.2) is 18.5 Å². The quantitative estimate of drug-likeness (QED) is 0.693. The summed E-state index contributed by atoms with van der Waals surface area (Å²) in [6, 6.07) is 0.485. The number of alkyl halides is 2. The van der Waals surface area contributed by atoms with Crippen molar-refractivity contribution in [3.05, 3.63) is 0 Å². The summed E-state index contributed by atoms with van der Waals surface area (Å²) in [5, 5.41) is 3.72. The SMILES string of the molecule is CCCNC(C1CCC(CC)CC1)C1CCC(F)(F)CC1. The second kappa shape index (κ2) is 7.89. The Balaban J connectivity index is 1.91. The molecule has 0 aromatic heterocycles. The predicted molar refractivity (Wildman–Crippen MR) is 84.7 cm³/mol. The van der Waals surface area contributed by atoms with E-state index in [0.29, 0.717) is 24.8 Å². The number of hydrogen-bond acceptors (Lipinski definition) is 1. The van der Waals surface area contributed by atoms with Crippen LogP contribution in [0.2, 0.25) is 0 Å². The third-order valence-corrected chi connectivity index (χ3v) is 5.88. The first-order valence-corrected chi connectivity index (χ1v) is 9.17. The van der Waals surface area contributed by atoms with Gasteiger partial charge in [0.25, 0.3) is 0 Å². The zero-order chi connectivity index (χ0) is 15.3. The summed E-state index contributed by atoms with van der Waals surface area (Å²) in [5.74, 6) is -0.301. The van der Waals surface area contributed by atoms with Gasteiger partial charge < -0.3 is 5.32 Å². The maximum Gasteiger partial charge on any atom is 0.248 e. The molecular formula is C18H33F2N. The summed E-state index contributed by atoms with van der Waals surface area (Å²) in [7, 11) is 0. The van der Waals surface area contributed by atoms with E-state index in [4.69, 9.17) is 0 Å². The summed E-state index contributed by atoms with van der Waals surface area (Å²) in [6.07, 6.45) is 9.34. The van der Waals surface area contributed by atoms with Crippen LogP contribution in [-0.2, 0) is 0 Å². The van der Waals surface area contributed by atoms with Crippen LogP contribution in [0.1, 0.15) is 78.1 Å². The molecule has 1 nitrogen and oxygen atoms in total. The maximum absolute atomic E-state index is 13.4. The zero-order valence-corrected chi connectivity index (χ0v) is 13.8. The number of halogens is 2. The fourth-order valence-corrected chi connectivity index (χ4v) is 4.41. The van der Waals surface area contributed by atoms with Crippen LogP contribution >= 0.6 is 0 Å². The standard InChI is InChI=1S/C18H33F2N/c1-3-13-21-17(15-7-5-14(4-2)6-8-15)16-9-11-18(19,20)12-10-16/h14-17,21H,3-13H2,1-2H3. The van der Waals surface area contributed by atoms with E-state index in [1.54, 1.807) is 0 Å². The van der Waals surface area contributed by atoms with Crippen LogP contribution < -0.4 is 5.32 Å². The molecule has 0 aliphatic heterocycles. The Bertz CT molecular complexity index is 288. The van der Waals surface area contributed by atoms with Gasteiger partial charge in [-0.1, -0.05) is 33.1 Å². The van der Waals surface area contributed by atoms with Crippen LogP contribution in [0.5, 0.6) is 0 Å². The summed E-state index contributed by atoms with van der Waals surface area (Å²) in [5.41, 5.74) is 0. The molecule has 1 atom stereocenters. The highest BCUT2D eigenvalue weighted by Crippen LogP contribution is 2.42. The minimum atomic E-state index is -2.40. The molecule has 3 heteroatoms. The molecule has 2 fully saturated rings. The highest BCUT2D eigenvalue weighted by Gasteiger charge is 2.40. The smallest absolute Gasteiger partial charge is 0.248 e. The minimum Gasteiger partial charge on any atom is -0.313 e.